The van der Waals surface area contributed by atoms with Crippen molar-refractivity contribution in [2.45, 2.75) is 12.3 Å². The van der Waals surface area contributed by atoms with Crippen LogP contribution in [0.2, 0.25) is 0 Å². The van der Waals surface area contributed by atoms with Gasteiger partial charge >= 0.3 is 0 Å². The molecule has 1 aliphatic heterocycles. The van der Waals surface area contributed by atoms with Crippen LogP contribution in [0.4, 0.5) is 5.69 Å². The number of nitrogens with one attached hydrogen (secondary N) is 3. The molecule has 1 unspecified atom stereocenters. The molecule has 4 aromatic rings. The summed E-state index contributed by atoms with van der Waals surface area (Å²) < 4.78 is 0. The van der Waals surface area contributed by atoms with E-state index in [1.165, 1.54) is 10.9 Å². The number of rotatable bonds is 1. The molecule has 5 nitrogen and oxygen atoms in total. The monoisotopic (exact) mass is 302 g/mol. The molecule has 112 valence electrons. The Bertz CT molecular complexity index is 1060. The van der Waals surface area contributed by atoms with Crippen LogP contribution in [0.3, 0.4) is 0 Å². The number of nitrogens with zero attached hydrogens (tertiary/aromatic N) is 1. The van der Waals surface area contributed by atoms with Gasteiger partial charge in [-0.3, -0.25) is 9.89 Å². The van der Waals surface area contributed by atoms with Gasteiger partial charge in [-0.05, 0) is 35.4 Å². The highest BCUT2D eigenvalue weighted by atomic mass is 16.1. The highest BCUT2D eigenvalue weighted by Crippen LogP contribution is 2.41. The van der Waals surface area contributed by atoms with Gasteiger partial charge in [0.05, 0.1) is 11.7 Å². The summed E-state index contributed by atoms with van der Waals surface area (Å²) in [5, 5.41) is 12.3. The van der Waals surface area contributed by atoms with Gasteiger partial charge in [0.2, 0.25) is 5.91 Å². The average molecular weight is 302 g/mol. The van der Waals surface area contributed by atoms with E-state index in [4.69, 9.17) is 0 Å². The zero-order valence-electron chi connectivity index (χ0n) is 12.3. The fraction of sp³-hybridized carbons (Fsp3) is 0.111. The SMILES string of the molecule is O=C1CC(c2cccc3[nH]ccc23)c2cc3cn[nH]c3cc2N1. The molecule has 0 bridgehead atoms. The summed E-state index contributed by atoms with van der Waals surface area (Å²) in [5.41, 5.74) is 5.23. The average Bonchev–Trinajstić information content (AvgIpc) is 3.20. The van der Waals surface area contributed by atoms with Crippen molar-refractivity contribution in [3.63, 3.8) is 0 Å². The second-order valence-corrected chi connectivity index (χ2v) is 5.99. The van der Waals surface area contributed by atoms with Crippen LogP contribution in [0.15, 0.2) is 48.8 Å². The molecule has 0 saturated heterocycles. The van der Waals surface area contributed by atoms with Gasteiger partial charge in [-0.2, -0.15) is 5.10 Å². The Kier molecular flexibility index (Phi) is 2.42. The lowest BCUT2D eigenvalue weighted by Gasteiger charge is -2.26. The van der Waals surface area contributed by atoms with E-state index >= 15 is 0 Å². The first kappa shape index (κ1) is 12.5. The predicted octanol–water partition coefficient (Wildman–Crippen LogP) is 3.52. The first-order valence-electron chi connectivity index (χ1n) is 7.62. The fourth-order valence-electron chi connectivity index (χ4n) is 3.59. The number of carbonyl (C=O) groups excluding carboxylic acids is 1. The zero-order valence-corrected chi connectivity index (χ0v) is 12.3. The smallest absolute Gasteiger partial charge is 0.225 e. The standard InChI is InChI=1S/C18H14N4O/c23-18-7-13(11-2-1-3-15-12(11)4-5-19-15)14-6-10-9-20-22-16(10)8-17(14)21-18/h1-6,8-9,13,19H,7H2,(H,20,22)(H,21,23). The summed E-state index contributed by atoms with van der Waals surface area (Å²) >= 11 is 0. The van der Waals surface area contributed by atoms with Crippen molar-refractivity contribution < 1.29 is 4.79 Å². The predicted molar refractivity (Wildman–Crippen MR) is 89.5 cm³/mol. The maximum absolute atomic E-state index is 12.2. The number of fused-ring (bicyclic) bond motifs is 3. The minimum atomic E-state index is 0.0499. The van der Waals surface area contributed by atoms with E-state index in [-0.39, 0.29) is 11.8 Å². The third kappa shape index (κ3) is 1.80. The van der Waals surface area contributed by atoms with Gasteiger partial charge in [-0.25, -0.2) is 0 Å². The highest BCUT2D eigenvalue weighted by molar-refractivity contribution is 5.99. The molecule has 0 aliphatic carbocycles. The molecule has 1 amide bonds. The molecule has 0 spiro atoms. The Labute approximate surface area is 131 Å². The van der Waals surface area contributed by atoms with E-state index in [2.05, 4.69) is 44.8 Å². The second-order valence-electron chi connectivity index (χ2n) is 5.99. The van der Waals surface area contributed by atoms with E-state index < -0.39 is 0 Å². The molecule has 3 N–H and O–H groups in total. The maximum atomic E-state index is 12.2. The normalized spacial score (nSPS) is 17.4. The number of anilines is 1. The summed E-state index contributed by atoms with van der Waals surface area (Å²) in [4.78, 5) is 15.5. The van der Waals surface area contributed by atoms with Crippen molar-refractivity contribution in [3.05, 3.63) is 59.9 Å². The molecule has 0 saturated carbocycles. The third-order valence-electron chi connectivity index (χ3n) is 4.65. The van der Waals surface area contributed by atoms with Gasteiger partial charge in [-0.15, -0.1) is 0 Å². The summed E-state index contributed by atoms with van der Waals surface area (Å²) in [6, 6.07) is 12.4. The van der Waals surface area contributed by atoms with E-state index in [1.54, 1.807) is 0 Å². The molecular weight excluding hydrogens is 288 g/mol. The Morgan fingerprint density at radius 3 is 3.00 bits per heavy atom. The molecule has 1 aliphatic rings. The maximum Gasteiger partial charge on any atom is 0.225 e. The van der Waals surface area contributed by atoms with Gasteiger partial charge in [-0.1, -0.05) is 12.1 Å². The van der Waals surface area contributed by atoms with Gasteiger partial charge < -0.3 is 10.3 Å². The van der Waals surface area contributed by atoms with E-state index in [0.717, 1.165) is 27.7 Å². The van der Waals surface area contributed by atoms with E-state index in [9.17, 15) is 4.79 Å². The van der Waals surface area contributed by atoms with Crippen molar-refractivity contribution in [2.24, 2.45) is 0 Å². The van der Waals surface area contributed by atoms with Gasteiger partial charge in [0, 0.05) is 40.5 Å². The number of carbonyl (C=O) groups is 1. The Morgan fingerprint density at radius 2 is 2.04 bits per heavy atom. The molecule has 2 aromatic heterocycles. The number of amides is 1. The first-order valence-corrected chi connectivity index (χ1v) is 7.62. The van der Waals surface area contributed by atoms with Gasteiger partial charge in [0.25, 0.3) is 0 Å². The van der Waals surface area contributed by atoms with Crippen molar-refractivity contribution in [2.75, 3.05) is 5.32 Å². The lowest BCUT2D eigenvalue weighted by atomic mass is 9.83. The van der Waals surface area contributed by atoms with Crippen molar-refractivity contribution >= 4 is 33.4 Å². The van der Waals surface area contributed by atoms with Crippen LogP contribution in [0, 0.1) is 0 Å². The topological polar surface area (TPSA) is 73.6 Å². The lowest BCUT2D eigenvalue weighted by molar-refractivity contribution is -0.116. The van der Waals surface area contributed by atoms with Crippen LogP contribution in [-0.2, 0) is 4.79 Å². The molecule has 23 heavy (non-hydrogen) atoms. The van der Waals surface area contributed by atoms with E-state index in [0.29, 0.717) is 6.42 Å². The lowest BCUT2D eigenvalue weighted by Crippen LogP contribution is -2.23. The summed E-state index contributed by atoms with van der Waals surface area (Å²) in [6.45, 7) is 0. The number of hydrogen-bond acceptors (Lipinski definition) is 2. The van der Waals surface area contributed by atoms with Crippen molar-refractivity contribution in [1.82, 2.24) is 15.2 Å². The van der Waals surface area contributed by atoms with Crippen LogP contribution in [0.1, 0.15) is 23.5 Å². The number of aromatic amines is 2. The Morgan fingerprint density at radius 1 is 1.09 bits per heavy atom. The van der Waals surface area contributed by atoms with Crippen molar-refractivity contribution in [1.29, 1.82) is 0 Å². The zero-order chi connectivity index (χ0) is 15.4. The van der Waals surface area contributed by atoms with Crippen molar-refractivity contribution in [3.8, 4) is 0 Å². The molecule has 5 rings (SSSR count). The molecule has 2 aromatic carbocycles. The third-order valence-corrected chi connectivity index (χ3v) is 4.65. The first-order chi connectivity index (χ1) is 11.3. The van der Waals surface area contributed by atoms with Crippen LogP contribution in [-0.4, -0.2) is 21.1 Å². The summed E-state index contributed by atoms with van der Waals surface area (Å²) in [7, 11) is 0. The van der Waals surface area contributed by atoms with Gasteiger partial charge in [0.1, 0.15) is 0 Å². The molecule has 5 heteroatoms. The van der Waals surface area contributed by atoms with Crippen LogP contribution in [0.25, 0.3) is 21.8 Å². The largest absolute Gasteiger partial charge is 0.361 e. The molecule has 0 fully saturated rings. The minimum Gasteiger partial charge on any atom is -0.361 e. The Hall–Kier alpha value is -3.08. The van der Waals surface area contributed by atoms with Crippen LogP contribution in [0.5, 0.6) is 0 Å². The number of hydrogen-bond donors (Lipinski definition) is 3. The van der Waals surface area contributed by atoms with Gasteiger partial charge in [0.15, 0.2) is 0 Å². The number of benzene rings is 2. The number of aromatic nitrogens is 3. The molecule has 3 heterocycles. The number of H-pyrrole nitrogens is 2. The van der Waals surface area contributed by atoms with E-state index in [1.807, 2.05) is 24.5 Å². The summed E-state index contributed by atoms with van der Waals surface area (Å²) in [6.07, 6.45) is 4.22. The quantitative estimate of drug-likeness (QED) is 0.503. The molecular formula is C18H14N4O. The second kappa shape index (κ2) is 4.46. The summed E-state index contributed by atoms with van der Waals surface area (Å²) in [5.74, 6) is 0.103. The minimum absolute atomic E-state index is 0.0499. The molecule has 1 atom stereocenters. The van der Waals surface area contributed by atoms with Crippen LogP contribution >= 0.6 is 0 Å². The fourth-order valence-corrected chi connectivity index (χ4v) is 3.59. The highest BCUT2D eigenvalue weighted by Gasteiger charge is 2.28. The Balaban J connectivity index is 1.78. The molecule has 0 radical (unpaired) electrons. The van der Waals surface area contributed by atoms with Crippen LogP contribution < -0.4 is 5.32 Å².